The first-order chi connectivity index (χ1) is 12.1. The highest BCUT2D eigenvalue weighted by Gasteiger charge is 2.34. The minimum absolute atomic E-state index is 0.0601. The Bertz CT molecular complexity index is 770. The molecule has 0 saturated heterocycles. The van der Waals surface area contributed by atoms with E-state index in [9.17, 15) is 22.7 Å². The van der Waals surface area contributed by atoms with Gasteiger partial charge in [-0.25, -0.2) is 9.37 Å². The maximum Gasteiger partial charge on any atom is 0.433 e. The summed E-state index contributed by atoms with van der Waals surface area (Å²) in [4.78, 5) is 7.45. The first-order valence-corrected chi connectivity index (χ1v) is 8.45. The van der Waals surface area contributed by atoms with Crippen molar-refractivity contribution in [1.82, 2.24) is 9.97 Å². The Balaban J connectivity index is 2.38. The van der Waals surface area contributed by atoms with Crippen molar-refractivity contribution in [2.75, 3.05) is 17.2 Å². The van der Waals surface area contributed by atoms with Gasteiger partial charge in [0, 0.05) is 11.8 Å². The molecule has 0 bridgehead atoms. The lowest BCUT2D eigenvalue weighted by Gasteiger charge is -2.21. The van der Waals surface area contributed by atoms with Crippen LogP contribution in [-0.2, 0) is 6.18 Å². The maximum absolute atomic E-state index is 13.6. The van der Waals surface area contributed by atoms with Gasteiger partial charge in [0.2, 0.25) is 5.95 Å². The van der Waals surface area contributed by atoms with Gasteiger partial charge in [-0.1, -0.05) is 13.8 Å². The minimum Gasteiger partial charge on any atom is -0.394 e. The Morgan fingerprint density at radius 2 is 1.88 bits per heavy atom. The van der Waals surface area contributed by atoms with E-state index in [1.165, 1.54) is 12.1 Å². The molecule has 142 valence electrons. The van der Waals surface area contributed by atoms with E-state index in [2.05, 4.69) is 36.5 Å². The zero-order valence-electron chi connectivity index (χ0n) is 13.9. The number of aliphatic hydroxyl groups is 1. The molecule has 0 aliphatic carbocycles. The van der Waals surface area contributed by atoms with Gasteiger partial charge >= 0.3 is 6.18 Å². The number of nitrogens with one attached hydrogen (secondary N) is 2. The first-order valence-electron chi connectivity index (χ1n) is 7.66. The molecule has 0 aliphatic rings. The molecule has 2 aromatic rings. The van der Waals surface area contributed by atoms with Gasteiger partial charge in [0.15, 0.2) is 5.69 Å². The summed E-state index contributed by atoms with van der Waals surface area (Å²) < 4.78 is 53.2. The number of nitrogens with zero attached hydrogens (tertiary/aromatic N) is 2. The van der Waals surface area contributed by atoms with Crippen LogP contribution in [0.4, 0.5) is 35.0 Å². The molecule has 0 radical (unpaired) electrons. The summed E-state index contributed by atoms with van der Waals surface area (Å²) in [6, 6.07) is 4.24. The SMILES string of the molecule is CC(C)[C@H](CO)Nc1nc(Nc2ccc(Br)c(F)c2)cc(C(F)(F)F)n1. The normalized spacial score (nSPS) is 13.0. The van der Waals surface area contributed by atoms with E-state index in [0.29, 0.717) is 0 Å². The summed E-state index contributed by atoms with van der Waals surface area (Å²) in [7, 11) is 0. The lowest BCUT2D eigenvalue weighted by atomic mass is 10.1. The van der Waals surface area contributed by atoms with Gasteiger partial charge in [-0.15, -0.1) is 0 Å². The fourth-order valence-electron chi connectivity index (χ4n) is 2.03. The second-order valence-corrected chi connectivity index (χ2v) is 6.75. The van der Waals surface area contributed by atoms with Crippen LogP contribution in [0.15, 0.2) is 28.7 Å². The largest absolute Gasteiger partial charge is 0.433 e. The van der Waals surface area contributed by atoms with Crippen molar-refractivity contribution >= 4 is 33.4 Å². The van der Waals surface area contributed by atoms with Gasteiger partial charge in [-0.3, -0.25) is 0 Å². The number of rotatable bonds is 6. The predicted molar refractivity (Wildman–Crippen MR) is 93.8 cm³/mol. The third kappa shape index (κ3) is 5.28. The molecule has 26 heavy (non-hydrogen) atoms. The molecular formula is C16H17BrF4N4O. The minimum atomic E-state index is -4.69. The summed E-state index contributed by atoms with van der Waals surface area (Å²) in [6.45, 7) is 3.30. The highest BCUT2D eigenvalue weighted by Crippen LogP contribution is 2.31. The molecule has 5 nitrogen and oxygen atoms in total. The van der Waals surface area contributed by atoms with Crippen molar-refractivity contribution in [3.05, 3.63) is 40.2 Å². The molecule has 1 heterocycles. The Morgan fingerprint density at radius 3 is 2.42 bits per heavy atom. The quantitative estimate of drug-likeness (QED) is 0.578. The standard InChI is InChI=1S/C16H17BrF4N4O/c1-8(2)12(7-26)23-15-24-13(16(19,20)21)6-14(25-15)22-9-3-4-10(17)11(18)5-9/h3-6,8,12,26H,7H2,1-2H3,(H2,22,23,24,25)/t12-/m0/s1. The van der Waals surface area contributed by atoms with Crippen molar-refractivity contribution in [3.8, 4) is 0 Å². The number of aliphatic hydroxyl groups excluding tert-OH is 1. The molecule has 0 spiro atoms. The van der Waals surface area contributed by atoms with E-state index < -0.39 is 23.7 Å². The van der Waals surface area contributed by atoms with E-state index in [1.807, 2.05) is 0 Å². The molecule has 0 fully saturated rings. The number of benzene rings is 1. The van der Waals surface area contributed by atoms with Crippen LogP contribution in [0, 0.1) is 11.7 Å². The van der Waals surface area contributed by atoms with E-state index in [-0.39, 0.29) is 34.5 Å². The first kappa shape index (κ1) is 20.4. The Kier molecular flexibility index (Phi) is 6.40. The molecule has 2 rings (SSSR count). The monoisotopic (exact) mass is 436 g/mol. The van der Waals surface area contributed by atoms with Crippen LogP contribution in [0.3, 0.4) is 0 Å². The van der Waals surface area contributed by atoms with Crippen LogP contribution in [0.1, 0.15) is 19.5 Å². The average molecular weight is 437 g/mol. The van der Waals surface area contributed by atoms with Crippen LogP contribution < -0.4 is 10.6 Å². The summed E-state index contributed by atoms with van der Waals surface area (Å²) >= 11 is 3.00. The molecule has 1 atom stereocenters. The molecule has 10 heteroatoms. The van der Waals surface area contributed by atoms with Crippen molar-refractivity contribution in [3.63, 3.8) is 0 Å². The van der Waals surface area contributed by atoms with Gasteiger partial charge in [0.05, 0.1) is 17.1 Å². The van der Waals surface area contributed by atoms with Gasteiger partial charge < -0.3 is 15.7 Å². The highest BCUT2D eigenvalue weighted by atomic mass is 79.9. The number of alkyl halides is 3. The van der Waals surface area contributed by atoms with Gasteiger partial charge in [-0.2, -0.15) is 18.2 Å². The van der Waals surface area contributed by atoms with Crippen molar-refractivity contribution in [2.24, 2.45) is 5.92 Å². The average Bonchev–Trinajstić information content (AvgIpc) is 2.55. The molecule has 0 unspecified atom stereocenters. The van der Waals surface area contributed by atoms with E-state index >= 15 is 0 Å². The zero-order chi connectivity index (χ0) is 19.5. The van der Waals surface area contributed by atoms with Crippen LogP contribution >= 0.6 is 15.9 Å². The van der Waals surface area contributed by atoms with E-state index in [1.54, 1.807) is 13.8 Å². The molecule has 0 amide bonds. The second kappa shape index (κ2) is 8.17. The summed E-state index contributed by atoms with van der Waals surface area (Å²) in [5.41, 5.74) is -0.929. The smallest absolute Gasteiger partial charge is 0.394 e. The Labute approximate surface area is 156 Å². The van der Waals surface area contributed by atoms with Crippen LogP contribution in [0.2, 0.25) is 0 Å². The number of anilines is 3. The number of aromatic nitrogens is 2. The molecule has 0 aliphatic heterocycles. The lowest BCUT2D eigenvalue weighted by Crippen LogP contribution is -2.30. The van der Waals surface area contributed by atoms with Crippen molar-refractivity contribution in [2.45, 2.75) is 26.1 Å². The molecular weight excluding hydrogens is 420 g/mol. The fourth-order valence-corrected chi connectivity index (χ4v) is 2.28. The van der Waals surface area contributed by atoms with Crippen LogP contribution in [0.25, 0.3) is 0 Å². The topological polar surface area (TPSA) is 70.1 Å². The van der Waals surface area contributed by atoms with Gasteiger partial charge in [0.25, 0.3) is 0 Å². The summed E-state index contributed by atoms with van der Waals surface area (Å²) in [5.74, 6) is -1.07. The third-order valence-corrected chi connectivity index (χ3v) is 4.17. The maximum atomic E-state index is 13.6. The van der Waals surface area contributed by atoms with Crippen molar-refractivity contribution in [1.29, 1.82) is 0 Å². The Hall–Kier alpha value is -1.94. The molecule has 1 aromatic heterocycles. The highest BCUT2D eigenvalue weighted by molar-refractivity contribution is 9.10. The third-order valence-electron chi connectivity index (χ3n) is 3.52. The fraction of sp³-hybridized carbons (Fsp3) is 0.375. The van der Waals surface area contributed by atoms with E-state index in [0.717, 1.165) is 12.1 Å². The second-order valence-electron chi connectivity index (χ2n) is 5.89. The van der Waals surface area contributed by atoms with Crippen molar-refractivity contribution < 1.29 is 22.7 Å². The van der Waals surface area contributed by atoms with Gasteiger partial charge in [-0.05, 0) is 40.0 Å². The van der Waals surface area contributed by atoms with Crippen LogP contribution in [0.5, 0.6) is 0 Å². The number of halogens is 5. The predicted octanol–water partition coefficient (Wildman–Crippen LogP) is 4.57. The molecule has 1 aromatic carbocycles. The zero-order valence-corrected chi connectivity index (χ0v) is 15.5. The van der Waals surface area contributed by atoms with Crippen LogP contribution in [-0.4, -0.2) is 27.7 Å². The Morgan fingerprint density at radius 1 is 1.19 bits per heavy atom. The number of hydrogen-bond donors (Lipinski definition) is 3. The van der Waals surface area contributed by atoms with Gasteiger partial charge in [0.1, 0.15) is 11.6 Å². The van der Waals surface area contributed by atoms with E-state index in [4.69, 9.17) is 0 Å². The molecule has 3 N–H and O–H groups in total. The lowest BCUT2D eigenvalue weighted by molar-refractivity contribution is -0.141. The number of hydrogen-bond acceptors (Lipinski definition) is 5. The summed E-state index contributed by atoms with van der Waals surface area (Å²) in [6.07, 6.45) is -4.69. The molecule has 0 saturated carbocycles. The summed E-state index contributed by atoms with van der Waals surface area (Å²) in [5, 5.41) is 14.7.